The monoisotopic (exact) mass is 282 g/mol. The molecule has 1 aromatic rings. The highest BCUT2D eigenvalue weighted by molar-refractivity contribution is 6.31. The molecule has 1 unspecified atom stereocenters. The Kier molecular flexibility index (Phi) is 5.19. The second-order valence-electron chi connectivity index (χ2n) is 4.87. The molecule has 0 aliphatic carbocycles. The lowest BCUT2D eigenvalue weighted by Gasteiger charge is -2.10. The van der Waals surface area contributed by atoms with Crippen LogP contribution in [0.2, 0.25) is 5.02 Å². The SMILES string of the molecule is NC(=O)c1ccc(COCCC2CCNC2)c(Cl)c1. The normalized spacial score (nSPS) is 18.7. The van der Waals surface area contributed by atoms with E-state index in [1.807, 2.05) is 0 Å². The Hall–Kier alpha value is -1.10. The van der Waals surface area contributed by atoms with Gasteiger partial charge in [0.1, 0.15) is 0 Å². The summed E-state index contributed by atoms with van der Waals surface area (Å²) in [5.74, 6) is 0.260. The zero-order valence-electron chi connectivity index (χ0n) is 10.8. The summed E-state index contributed by atoms with van der Waals surface area (Å²) in [5.41, 5.74) is 6.50. The number of halogens is 1. The van der Waals surface area contributed by atoms with Crippen LogP contribution in [0.25, 0.3) is 0 Å². The van der Waals surface area contributed by atoms with Crippen molar-refractivity contribution in [1.29, 1.82) is 0 Å². The molecular formula is C14H19ClN2O2. The number of nitrogens with one attached hydrogen (secondary N) is 1. The number of carbonyl (C=O) groups excluding carboxylic acids is 1. The molecule has 1 amide bonds. The van der Waals surface area contributed by atoms with Crippen LogP contribution >= 0.6 is 11.6 Å². The second kappa shape index (κ2) is 6.89. The van der Waals surface area contributed by atoms with Crippen LogP contribution in [0, 0.1) is 5.92 Å². The standard InChI is InChI=1S/C14H19ClN2O2/c15-13-7-11(14(16)18)1-2-12(13)9-19-6-4-10-3-5-17-8-10/h1-2,7,10,17H,3-6,8-9H2,(H2,16,18). The van der Waals surface area contributed by atoms with Crippen LogP contribution in [-0.2, 0) is 11.3 Å². The summed E-state index contributed by atoms with van der Waals surface area (Å²) >= 11 is 6.08. The van der Waals surface area contributed by atoms with E-state index in [9.17, 15) is 4.79 Å². The van der Waals surface area contributed by atoms with E-state index in [0.29, 0.717) is 17.2 Å². The Bertz CT molecular complexity index is 445. The molecule has 1 fully saturated rings. The van der Waals surface area contributed by atoms with Gasteiger partial charge in [-0.3, -0.25) is 4.79 Å². The molecule has 1 aromatic carbocycles. The largest absolute Gasteiger partial charge is 0.377 e. The van der Waals surface area contributed by atoms with E-state index in [1.54, 1.807) is 18.2 Å². The fraction of sp³-hybridized carbons (Fsp3) is 0.500. The molecule has 0 spiro atoms. The van der Waals surface area contributed by atoms with E-state index in [2.05, 4.69) is 5.32 Å². The van der Waals surface area contributed by atoms with E-state index in [0.717, 1.165) is 37.6 Å². The maximum absolute atomic E-state index is 11.0. The molecule has 5 heteroatoms. The molecule has 104 valence electrons. The first kappa shape index (κ1) is 14.3. The zero-order chi connectivity index (χ0) is 13.7. The number of amides is 1. The fourth-order valence-corrected chi connectivity index (χ4v) is 2.45. The van der Waals surface area contributed by atoms with Crippen molar-refractivity contribution in [2.24, 2.45) is 11.7 Å². The number of nitrogens with two attached hydrogens (primary N) is 1. The van der Waals surface area contributed by atoms with E-state index >= 15 is 0 Å². The Morgan fingerprint density at radius 2 is 2.37 bits per heavy atom. The topological polar surface area (TPSA) is 64.4 Å². The maximum Gasteiger partial charge on any atom is 0.248 e. The van der Waals surface area contributed by atoms with E-state index in [4.69, 9.17) is 22.1 Å². The Balaban J connectivity index is 1.77. The first-order valence-corrected chi connectivity index (χ1v) is 6.91. The van der Waals surface area contributed by atoms with Crippen LogP contribution in [0.3, 0.4) is 0 Å². The highest BCUT2D eigenvalue weighted by atomic mass is 35.5. The number of carbonyl (C=O) groups is 1. The van der Waals surface area contributed by atoms with E-state index in [-0.39, 0.29) is 0 Å². The molecule has 1 atom stereocenters. The van der Waals surface area contributed by atoms with Gasteiger partial charge in [0.05, 0.1) is 6.61 Å². The molecule has 1 heterocycles. The number of primary amides is 1. The molecule has 0 aromatic heterocycles. The van der Waals surface area contributed by atoms with Crippen molar-refractivity contribution in [2.45, 2.75) is 19.4 Å². The summed E-state index contributed by atoms with van der Waals surface area (Å²) in [7, 11) is 0. The number of benzene rings is 1. The minimum absolute atomic E-state index is 0.422. The highest BCUT2D eigenvalue weighted by Gasteiger charge is 2.13. The first-order chi connectivity index (χ1) is 9.16. The molecule has 19 heavy (non-hydrogen) atoms. The molecule has 4 nitrogen and oxygen atoms in total. The minimum Gasteiger partial charge on any atom is -0.377 e. The lowest BCUT2D eigenvalue weighted by atomic mass is 10.1. The smallest absolute Gasteiger partial charge is 0.248 e. The molecule has 2 rings (SSSR count). The maximum atomic E-state index is 11.0. The van der Waals surface area contributed by atoms with Crippen molar-refractivity contribution in [3.8, 4) is 0 Å². The van der Waals surface area contributed by atoms with Gasteiger partial charge in [-0.15, -0.1) is 0 Å². The number of rotatable bonds is 6. The lowest BCUT2D eigenvalue weighted by Crippen LogP contribution is -2.11. The molecule has 0 saturated carbocycles. The summed E-state index contributed by atoms with van der Waals surface area (Å²) in [5, 5.41) is 3.86. The van der Waals surface area contributed by atoms with Gasteiger partial charge in [0.25, 0.3) is 0 Å². The minimum atomic E-state index is -0.469. The van der Waals surface area contributed by atoms with Gasteiger partial charge in [-0.05, 0) is 49.5 Å². The van der Waals surface area contributed by atoms with Crippen LogP contribution in [0.1, 0.15) is 28.8 Å². The second-order valence-corrected chi connectivity index (χ2v) is 5.28. The van der Waals surface area contributed by atoms with Gasteiger partial charge in [0.2, 0.25) is 5.91 Å². The van der Waals surface area contributed by atoms with Crippen molar-refractivity contribution in [3.63, 3.8) is 0 Å². The number of ether oxygens (including phenoxy) is 1. The molecule has 1 aliphatic rings. The Labute approximate surface area is 118 Å². The average Bonchev–Trinajstić information content (AvgIpc) is 2.89. The van der Waals surface area contributed by atoms with Crippen LogP contribution in [0.15, 0.2) is 18.2 Å². The third kappa shape index (κ3) is 4.20. The Morgan fingerprint density at radius 1 is 1.53 bits per heavy atom. The predicted octanol–water partition coefficient (Wildman–Crippen LogP) is 1.96. The van der Waals surface area contributed by atoms with Gasteiger partial charge in [0.15, 0.2) is 0 Å². The quantitative estimate of drug-likeness (QED) is 0.784. The van der Waals surface area contributed by atoms with Crippen LogP contribution in [0.4, 0.5) is 0 Å². The van der Waals surface area contributed by atoms with Crippen molar-refractivity contribution in [2.75, 3.05) is 19.7 Å². The predicted molar refractivity (Wildman–Crippen MR) is 75.2 cm³/mol. The number of hydrogen-bond acceptors (Lipinski definition) is 3. The average molecular weight is 283 g/mol. The van der Waals surface area contributed by atoms with Gasteiger partial charge in [-0.25, -0.2) is 0 Å². The molecule has 0 bridgehead atoms. The van der Waals surface area contributed by atoms with Gasteiger partial charge in [-0.1, -0.05) is 17.7 Å². The first-order valence-electron chi connectivity index (χ1n) is 6.53. The molecule has 0 radical (unpaired) electrons. The van der Waals surface area contributed by atoms with Gasteiger partial charge in [0, 0.05) is 17.2 Å². The fourth-order valence-electron chi connectivity index (χ4n) is 2.21. The zero-order valence-corrected chi connectivity index (χ0v) is 11.6. The van der Waals surface area contributed by atoms with Crippen molar-refractivity contribution < 1.29 is 9.53 Å². The van der Waals surface area contributed by atoms with Crippen molar-refractivity contribution in [3.05, 3.63) is 34.3 Å². The van der Waals surface area contributed by atoms with Crippen LogP contribution in [-0.4, -0.2) is 25.6 Å². The summed E-state index contributed by atoms with van der Waals surface area (Å²) in [4.78, 5) is 11.0. The molecular weight excluding hydrogens is 264 g/mol. The third-order valence-electron chi connectivity index (χ3n) is 3.43. The summed E-state index contributed by atoms with van der Waals surface area (Å²) in [6, 6.07) is 5.05. The van der Waals surface area contributed by atoms with E-state index in [1.165, 1.54) is 6.42 Å². The van der Waals surface area contributed by atoms with Crippen molar-refractivity contribution in [1.82, 2.24) is 5.32 Å². The van der Waals surface area contributed by atoms with Gasteiger partial charge >= 0.3 is 0 Å². The summed E-state index contributed by atoms with van der Waals surface area (Å²) in [6.45, 7) is 3.42. The Morgan fingerprint density at radius 3 is 3.00 bits per heavy atom. The van der Waals surface area contributed by atoms with Crippen molar-refractivity contribution >= 4 is 17.5 Å². The third-order valence-corrected chi connectivity index (χ3v) is 3.78. The molecule has 1 aliphatic heterocycles. The summed E-state index contributed by atoms with van der Waals surface area (Å²) in [6.07, 6.45) is 2.31. The number of hydrogen-bond donors (Lipinski definition) is 2. The summed E-state index contributed by atoms with van der Waals surface area (Å²) < 4.78 is 5.63. The van der Waals surface area contributed by atoms with Crippen LogP contribution in [0.5, 0.6) is 0 Å². The highest BCUT2D eigenvalue weighted by Crippen LogP contribution is 2.19. The molecule has 1 saturated heterocycles. The van der Waals surface area contributed by atoms with Gasteiger partial charge < -0.3 is 15.8 Å². The molecule has 3 N–H and O–H groups in total. The van der Waals surface area contributed by atoms with Gasteiger partial charge in [-0.2, -0.15) is 0 Å². The lowest BCUT2D eigenvalue weighted by molar-refractivity contribution is 0.0999. The van der Waals surface area contributed by atoms with E-state index < -0.39 is 5.91 Å². The van der Waals surface area contributed by atoms with Crippen LogP contribution < -0.4 is 11.1 Å².